The van der Waals surface area contributed by atoms with Gasteiger partial charge in [0.2, 0.25) is 0 Å². The van der Waals surface area contributed by atoms with Crippen LogP contribution >= 0.6 is 0 Å². The molecule has 1 heteroatoms. The van der Waals surface area contributed by atoms with E-state index in [0.717, 1.165) is 17.9 Å². The van der Waals surface area contributed by atoms with Crippen LogP contribution < -0.4 is 5.32 Å². The Morgan fingerprint density at radius 3 is 2.55 bits per heavy atom. The molecule has 0 radical (unpaired) electrons. The van der Waals surface area contributed by atoms with Gasteiger partial charge in [-0.05, 0) is 31.2 Å². The van der Waals surface area contributed by atoms with Gasteiger partial charge in [-0.15, -0.1) is 0 Å². The molecule has 1 nitrogen and oxygen atoms in total. The lowest BCUT2D eigenvalue weighted by Crippen LogP contribution is -2.23. The molecule has 0 saturated heterocycles. The van der Waals surface area contributed by atoms with E-state index in [0.29, 0.717) is 0 Å². The zero-order valence-corrected chi connectivity index (χ0v) is 7.47. The maximum Gasteiger partial charge on any atom is 0.00963 e. The third kappa shape index (κ3) is 1.96. The Labute approximate surface area is 69.6 Å². The van der Waals surface area contributed by atoms with Gasteiger partial charge in [0.15, 0.2) is 0 Å². The van der Waals surface area contributed by atoms with Crippen LogP contribution in [0.2, 0.25) is 0 Å². The van der Waals surface area contributed by atoms with Crippen molar-refractivity contribution in [3.63, 3.8) is 0 Å². The highest BCUT2D eigenvalue weighted by Crippen LogP contribution is 2.31. The van der Waals surface area contributed by atoms with E-state index in [4.69, 9.17) is 0 Å². The molecule has 0 amide bonds. The third-order valence-electron chi connectivity index (χ3n) is 3.29. The topological polar surface area (TPSA) is 12.0 Å². The summed E-state index contributed by atoms with van der Waals surface area (Å²) in [6.07, 6.45) is 7.35. The Kier molecular flexibility index (Phi) is 2.17. The van der Waals surface area contributed by atoms with Crippen LogP contribution in [0, 0.1) is 11.8 Å². The van der Waals surface area contributed by atoms with Crippen molar-refractivity contribution in [1.82, 2.24) is 5.32 Å². The summed E-state index contributed by atoms with van der Waals surface area (Å²) in [6.45, 7) is 3.61. The maximum absolute atomic E-state index is 3.61. The average Bonchev–Trinajstić information content (AvgIpc) is 2.55. The summed E-state index contributed by atoms with van der Waals surface area (Å²) < 4.78 is 0. The summed E-state index contributed by atoms with van der Waals surface area (Å²) in [7, 11) is 0. The summed E-state index contributed by atoms with van der Waals surface area (Å²) in [4.78, 5) is 0. The molecule has 0 aliphatic heterocycles. The first-order chi connectivity index (χ1) is 5.36. The largest absolute Gasteiger partial charge is 0.314 e. The molecule has 0 heterocycles. The third-order valence-corrected chi connectivity index (χ3v) is 3.29. The van der Waals surface area contributed by atoms with Gasteiger partial charge in [0.05, 0.1) is 0 Å². The molecule has 2 aliphatic carbocycles. The van der Waals surface area contributed by atoms with Gasteiger partial charge in [0.25, 0.3) is 0 Å². The van der Waals surface area contributed by atoms with Crippen LogP contribution in [-0.2, 0) is 0 Å². The van der Waals surface area contributed by atoms with E-state index in [1.54, 1.807) is 0 Å². The molecule has 0 aromatic heterocycles. The van der Waals surface area contributed by atoms with E-state index >= 15 is 0 Å². The molecule has 2 saturated carbocycles. The first kappa shape index (κ1) is 7.60. The Morgan fingerprint density at radius 2 is 2.09 bits per heavy atom. The molecule has 11 heavy (non-hydrogen) atoms. The smallest absolute Gasteiger partial charge is 0.00963 e. The van der Waals surface area contributed by atoms with Crippen LogP contribution in [0.1, 0.15) is 39.0 Å². The maximum atomic E-state index is 3.61. The minimum atomic E-state index is 0.884. The van der Waals surface area contributed by atoms with Crippen molar-refractivity contribution in [3.05, 3.63) is 0 Å². The fourth-order valence-electron chi connectivity index (χ4n) is 1.86. The molecule has 0 aromatic carbocycles. The summed E-state index contributed by atoms with van der Waals surface area (Å²) in [5, 5.41) is 3.61. The second kappa shape index (κ2) is 3.14. The highest BCUT2D eigenvalue weighted by atomic mass is 15.0. The van der Waals surface area contributed by atoms with Crippen LogP contribution in [0.4, 0.5) is 0 Å². The fourth-order valence-corrected chi connectivity index (χ4v) is 1.86. The van der Waals surface area contributed by atoms with Crippen molar-refractivity contribution in [2.45, 2.75) is 45.1 Å². The monoisotopic (exact) mass is 153 g/mol. The first-order valence-electron chi connectivity index (χ1n) is 5.09. The van der Waals surface area contributed by atoms with Crippen molar-refractivity contribution in [1.29, 1.82) is 0 Å². The Morgan fingerprint density at radius 1 is 1.36 bits per heavy atom. The molecule has 0 spiro atoms. The lowest BCUT2D eigenvalue weighted by atomic mass is 9.83. The quantitative estimate of drug-likeness (QED) is 0.652. The first-order valence-corrected chi connectivity index (χ1v) is 5.09. The second-order valence-electron chi connectivity index (χ2n) is 4.36. The van der Waals surface area contributed by atoms with Gasteiger partial charge >= 0.3 is 0 Å². The van der Waals surface area contributed by atoms with Gasteiger partial charge in [-0.25, -0.2) is 0 Å². The normalized spacial score (nSPS) is 36.8. The molecule has 2 fully saturated rings. The molecular weight excluding hydrogens is 134 g/mol. The Hall–Kier alpha value is -0.0400. The van der Waals surface area contributed by atoms with Crippen LogP contribution in [0.3, 0.4) is 0 Å². The minimum Gasteiger partial charge on any atom is -0.314 e. The summed E-state index contributed by atoms with van der Waals surface area (Å²) >= 11 is 0. The van der Waals surface area contributed by atoms with Gasteiger partial charge in [0.1, 0.15) is 0 Å². The molecular formula is C10H19N. The Bertz CT molecular complexity index is 124. The predicted octanol–water partition coefficient (Wildman–Crippen LogP) is 2.17. The zero-order chi connectivity index (χ0) is 7.68. The van der Waals surface area contributed by atoms with Crippen molar-refractivity contribution in [2.75, 3.05) is 6.54 Å². The van der Waals surface area contributed by atoms with E-state index in [-0.39, 0.29) is 0 Å². The molecule has 1 N–H and O–H groups in total. The highest BCUT2D eigenvalue weighted by molar-refractivity contribution is 4.89. The molecule has 2 aliphatic rings. The lowest BCUT2D eigenvalue weighted by Gasteiger charge is -2.25. The number of rotatable bonds is 4. The van der Waals surface area contributed by atoms with E-state index in [1.165, 1.54) is 38.6 Å². The van der Waals surface area contributed by atoms with Crippen molar-refractivity contribution in [2.24, 2.45) is 11.8 Å². The SMILES string of the molecule is CC1CC1NCCC1CCC1. The number of nitrogens with one attached hydrogen (secondary N) is 1. The number of hydrogen-bond acceptors (Lipinski definition) is 1. The molecule has 0 aromatic rings. The minimum absolute atomic E-state index is 0.884. The lowest BCUT2D eigenvalue weighted by molar-refractivity contribution is 0.291. The zero-order valence-electron chi connectivity index (χ0n) is 7.47. The standard InChI is InChI=1S/C10H19N/c1-8-7-10(8)11-6-5-9-3-2-4-9/h8-11H,2-7H2,1H3. The molecule has 2 rings (SSSR count). The van der Waals surface area contributed by atoms with E-state index in [2.05, 4.69) is 12.2 Å². The van der Waals surface area contributed by atoms with Gasteiger partial charge in [0, 0.05) is 6.04 Å². The molecule has 2 unspecified atom stereocenters. The number of hydrogen-bond donors (Lipinski definition) is 1. The van der Waals surface area contributed by atoms with Crippen LogP contribution in [0.25, 0.3) is 0 Å². The molecule has 0 bridgehead atoms. The summed E-state index contributed by atoms with van der Waals surface area (Å²) in [5.41, 5.74) is 0. The summed E-state index contributed by atoms with van der Waals surface area (Å²) in [5.74, 6) is 2.05. The second-order valence-corrected chi connectivity index (χ2v) is 4.36. The predicted molar refractivity (Wildman–Crippen MR) is 47.5 cm³/mol. The van der Waals surface area contributed by atoms with Crippen molar-refractivity contribution < 1.29 is 0 Å². The molecule has 2 atom stereocenters. The van der Waals surface area contributed by atoms with Crippen molar-refractivity contribution in [3.8, 4) is 0 Å². The van der Waals surface area contributed by atoms with Gasteiger partial charge in [-0.1, -0.05) is 26.2 Å². The van der Waals surface area contributed by atoms with Crippen LogP contribution in [0.15, 0.2) is 0 Å². The summed E-state index contributed by atoms with van der Waals surface area (Å²) in [6, 6.07) is 0.884. The molecule has 64 valence electrons. The Balaban J connectivity index is 1.47. The van der Waals surface area contributed by atoms with Gasteiger partial charge in [-0.2, -0.15) is 0 Å². The van der Waals surface area contributed by atoms with E-state index in [1.807, 2.05) is 0 Å². The van der Waals surface area contributed by atoms with Crippen LogP contribution in [0.5, 0.6) is 0 Å². The highest BCUT2D eigenvalue weighted by Gasteiger charge is 2.31. The fraction of sp³-hybridized carbons (Fsp3) is 1.00. The van der Waals surface area contributed by atoms with Gasteiger partial charge in [-0.3, -0.25) is 0 Å². The van der Waals surface area contributed by atoms with Crippen LogP contribution in [-0.4, -0.2) is 12.6 Å². The van der Waals surface area contributed by atoms with Gasteiger partial charge < -0.3 is 5.32 Å². The van der Waals surface area contributed by atoms with Crippen molar-refractivity contribution >= 4 is 0 Å². The average molecular weight is 153 g/mol. The van der Waals surface area contributed by atoms with E-state index < -0.39 is 0 Å². The van der Waals surface area contributed by atoms with E-state index in [9.17, 15) is 0 Å².